The summed E-state index contributed by atoms with van der Waals surface area (Å²) >= 11 is 11.8. The summed E-state index contributed by atoms with van der Waals surface area (Å²) in [4.78, 5) is 11.4. The second-order valence-corrected chi connectivity index (χ2v) is 8.20. The molecule has 1 aliphatic heterocycles. The molecule has 0 bridgehead atoms. The number of benzene rings is 1. The van der Waals surface area contributed by atoms with Gasteiger partial charge >= 0.3 is 0 Å². The molecule has 1 aliphatic rings. The fourth-order valence-corrected chi connectivity index (χ4v) is 4.45. The van der Waals surface area contributed by atoms with Crippen LogP contribution in [-0.2, 0) is 6.54 Å². The van der Waals surface area contributed by atoms with Crippen molar-refractivity contribution >= 4 is 28.9 Å². The molecule has 0 aliphatic carbocycles. The zero-order valence-electron chi connectivity index (χ0n) is 16.6. The Morgan fingerprint density at radius 2 is 1.77 bits per heavy atom. The Balaban J connectivity index is 1.60. The zero-order chi connectivity index (χ0) is 21.2. The molecular weight excluding hydrogens is 426 g/mol. The third-order valence-corrected chi connectivity index (χ3v) is 6.01. The molecule has 3 aromatic heterocycles. The molecule has 4 heterocycles. The maximum Gasteiger partial charge on any atom is 0.170 e. The van der Waals surface area contributed by atoms with Gasteiger partial charge in [-0.2, -0.15) is 0 Å². The number of thiocarbonyl (C=S) groups is 1. The van der Waals surface area contributed by atoms with Crippen molar-refractivity contribution in [2.75, 3.05) is 0 Å². The first-order valence-corrected chi connectivity index (χ1v) is 10.8. The standard InChI is InChI=1S/C24H20ClN5S/c25-18-11-12-21(27-15-18)29-14-6-10-20(29)23-22(19-9-4-5-13-26-19)28-24(31)30(23)16-17-7-2-1-3-8-17/h1-15,22-23H,16H2,(H,28,31)/t22-,23+/m0/s1. The topological polar surface area (TPSA) is 46.0 Å². The Hall–Kier alpha value is -3.22. The summed E-state index contributed by atoms with van der Waals surface area (Å²) in [6, 6.07) is 24.1. The fourth-order valence-electron chi connectivity index (χ4n) is 4.03. The fraction of sp³-hybridized carbons (Fsp3) is 0.125. The van der Waals surface area contributed by atoms with Gasteiger partial charge in [0, 0.05) is 30.8 Å². The Kier molecular flexibility index (Phi) is 5.40. The van der Waals surface area contributed by atoms with Crippen molar-refractivity contribution in [1.29, 1.82) is 0 Å². The monoisotopic (exact) mass is 445 g/mol. The maximum atomic E-state index is 6.06. The molecular formula is C24H20ClN5S. The zero-order valence-corrected chi connectivity index (χ0v) is 18.2. The number of halogens is 1. The minimum Gasteiger partial charge on any atom is -0.352 e. The van der Waals surface area contributed by atoms with Crippen LogP contribution < -0.4 is 5.32 Å². The van der Waals surface area contributed by atoms with Gasteiger partial charge in [0.2, 0.25) is 0 Å². The highest BCUT2D eigenvalue weighted by atomic mass is 35.5. The number of aromatic nitrogens is 3. The molecule has 5 rings (SSSR count). The van der Waals surface area contributed by atoms with Gasteiger partial charge < -0.3 is 14.8 Å². The molecule has 4 aromatic rings. The summed E-state index contributed by atoms with van der Waals surface area (Å²) in [6.07, 6.45) is 5.50. The largest absolute Gasteiger partial charge is 0.352 e. The summed E-state index contributed by atoms with van der Waals surface area (Å²) in [5.41, 5.74) is 3.22. The molecule has 0 amide bonds. The predicted molar refractivity (Wildman–Crippen MR) is 126 cm³/mol. The number of nitrogens with zero attached hydrogens (tertiary/aromatic N) is 4. The smallest absolute Gasteiger partial charge is 0.170 e. The van der Waals surface area contributed by atoms with Crippen molar-refractivity contribution in [1.82, 2.24) is 24.8 Å². The molecule has 31 heavy (non-hydrogen) atoms. The molecule has 0 spiro atoms. The normalized spacial score (nSPS) is 18.2. The van der Waals surface area contributed by atoms with Crippen LogP contribution in [0.4, 0.5) is 0 Å². The van der Waals surface area contributed by atoms with Gasteiger partial charge in [0.25, 0.3) is 0 Å². The van der Waals surface area contributed by atoms with Gasteiger partial charge in [-0.05, 0) is 54.2 Å². The van der Waals surface area contributed by atoms with Gasteiger partial charge in [0.05, 0.1) is 22.8 Å². The lowest BCUT2D eigenvalue weighted by atomic mass is 10.0. The highest BCUT2D eigenvalue weighted by molar-refractivity contribution is 7.80. The number of pyridine rings is 2. The first-order valence-electron chi connectivity index (χ1n) is 10.0. The van der Waals surface area contributed by atoms with Crippen molar-refractivity contribution in [2.24, 2.45) is 0 Å². The van der Waals surface area contributed by atoms with Gasteiger partial charge in [-0.1, -0.05) is 48.0 Å². The molecule has 0 saturated carbocycles. The van der Waals surface area contributed by atoms with Gasteiger partial charge in [-0.15, -0.1) is 0 Å². The third kappa shape index (κ3) is 3.92. The quantitative estimate of drug-likeness (QED) is 0.433. The summed E-state index contributed by atoms with van der Waals surface area (Å²) in [5.74, 6) is 0.807. The van der Waals surface area contributed by atoms with E-state index >= 15 is 0 Å². The molecule has 0 radical (unpaired) electrons. The highest BCUT2D eigenvalue weighted by Crippen LogP contribution is 2.40. The lowest BCUT2D eigenvalue weighted by Gasteiger charge is -2.28. The van der Waals surface area contributed by atoms with Crippen LogP contribution in [0.1, 0.15) is 29.0 Å². The van der Waals surface area contributed by atoms with Crippen molar-refractivity contribution in [2.45, 2.75) is 18.6 Å². The van der Waals surface area contributed by atoms with Crippen LogP contribution in [0.3, 0.4) is 0 Å². The van der Waals surface area contributed by atoms with Gasteiger partial charge in [-0.3, -0.25) is 4.98 Å². The Morgan fingerprint density at radius 1 is 0.935 bits per heavy atom. The van der Waals surface area contributed by atoms with Gasteiger partial charge in [-0.25, -0.2) is 4.98 Å². The molecule has 7 heteroatoms. The Labute approximate surface area is 191 Å². The van der Waals surface area contributed by atoms with Crippen LogP contribution in [0.5, 0.6) is 0 Å². The molecule has 0 unspecified atom stereocenters. The van der Waals surface area contributed by atoms with Crippen molar-refractivity contribution in [3.63, 3.8) is 0 Å². The van der Waals surface area contributed by atoms with E-state index in [4.69, 9.17) is 23.8 Å². The van der Waals surface area contributed by atoms with Crippen LogP contribution in [0, 0.1) is 0 Å². The number of rotatable bonds is 5. The molecule has 1 fully saturated rings. The van der Waals surface area contributed by atoms with Crippen LogP contribution in [0.2, 0.25) is 5.02 Å². The first kappa shape index (κ1) is 19.7. The molecule has 154 valence electrons. The summed E-state index contributed by atoms with van der Waals surface area (Å²) < 4.78 is 2.09. The Morgan fingerprint density at radius 3 is 2.52 bits per heavy atom. The van der Waals surface area contributed by atoms with E-state index < -0.39 is 0 Å². The second kappa shape index (κ2) is 8.49. The molecule has 1 aromatic carbocycles. The summed E-state index contributed by atoms with van der Waals surface area (Å²) in [7, 11) is 0. The van der Waals surface area contributed by atoms with Crippen molar-refractivity contribution in [3.05, 3.63) is 113 Å². The van der Waals surface area contributed by atoms with Crippen LogP contribution in [0.25, 0.3) is 5.82 Å². The first-order chi connectivity index (χ1) is 15.2. The SMILES string of the molecule is S=C1N[C@@H](c2ccccn2)[C@@H](c2cccn2-c2ccc(Cl)cn2)N1Cc1ccccc1. The van der Waals surface area contributed by atoms with E-state index in [1.807, 2.05) is 67.0 Å². The predicted octanol–water partition coefficient (Wildman–Crippen LogP) is 5.09. The van der Waals surface area contributed by atoms with E-state index in [0.717, 1.165) is 17.2 Å². The second-order valence-electron chi connectivity index (χ2n) is 7.38. The van der Waals surface area contributed by atoms with Gasteiger partial charge in [0.15, 0.2) is 5.11 Å². The lowest BCUT2D eigenvalue weighted by Crippen LogP contribution is -2.30. The lowest BCUT2D eigenvalue weighted by molar-refractivity contribution is 0.302. The number of nitrogens with one attached hydrogen (secondary N) is 1. The minimum absolute atomic E-state index is 0.0601. The average Bonchev–Trinajstić information content (AvgIpc) is 3.40. The van der Waals surface area contributed by atoms with Crippen molar-refractivity contribution < 1.29 is 0 Å². The summed E-state index contributed by atoms with van der Waals surface area (Å²) in [6.45, 7) is 0.694. The van der Waals surface area contributed by atoms with E-state index in [0.29, 0.717) is 16.7 Å². The molecule has 1 N–H and O–H groups in total. The van der Waals surface area contributed by atoms with Crippen LogP contribution >= 0.6 is 23.8 Å². The number of hydrogen-bond acceptors (Lipinski definition) is 3. The third-order valence-electron chi connectivity index (χ3n) is 5.44. The molecule has 2 atom stereocenters. The van der Waals surface area contributed by atoms with E-state index in [1.165, 1.54) is 5.56 Å². The molecule has 5 nitrogen and oxygen atoms in total. The highest BCUT2D eigenvalue weighted by Gasteiger charge is 2.41. The van der Waals surface area contributed by atoms with E-state index in [9.17, 15) is 0 Å². The van der Waals surface area contributed by atoms with Gasteiger partial charge in [0.1, 0.15) is 5.82 Å². The Bertz CT molecular complexity index is 1180. The van der Waals surface area contributed by atoms with E-state index in [2.05, 4.69) is 43.0 Å². The molecule has 1 saturated heterocycles. The summed E-state index contributed by atoms with van der Waals surface area (Å²) in [5, 5.41) is 4.83. The maximum absolute atomic E-state index is 6.06. The van der Waals surface area contributed by atoms with Crippen molar-refractivity contribution in [3.8, 4) is 5.82 Å². The number of hydrogen-bond donors (Lipinski definition) is 1. The van der Waals surface area contributed by atoms with E-state index in [1.54, 1.807) is 6.20 Å². The van der Waals surface area contributed by atoms with E-state index in [-0.39, 0.29) is 12.1 Å². The minimum atomic E-state index is -0.0848. The van der Waals surface area contributed by atoms with Crippen LogP contribution in [0.15, 0.2) is 91.4 Å². The average molecular weight is 446 g/mol. The van der Waals surface area contributed by atoms with Crippen LogP contribution in [-0.4, -0.2) is 24.5 Å².